The zero-order chi connectivity index (χ0) is 21.0. The van der Waals surface area contributed by atoms with E-state index in [9.17, 15) is 14.3 Å². The first-order chi connectivity index (χ1) is 13.9. The van der Waals surface area contributed by atoms with Crippen molar-refractivity contribution in [1.29, 1.82) is 0 Å². The van der Waals surface area contributed by atoms with Crippen LogP contribution in [0.25, 0.3) is 0 Å². The van der Waals surface area contributed by atoms with Gasteiger partial charge in [-0.1, -0.05) is 17.7 Å². The van der Waals surface area contributed by atoms with Crippen LogP contribution in [0.3, 0.4) is 0 Å². The van der Waals surface area contributed by atoms with Gasteiger partial charge in [-0.3, -0.25) is 9.69 Å². The van der Waals surface area contributed by atoms with Crippen molar-refractivity contribution in [3.63, 3.8) is 0 Å². The molecule has 0 aliphatic heterocycles. The molecule has 0 heterocycles. The fourth-order valence-corrected chi connectivity index (χ4v) is 3.41. The van der Waals surface area contributed by atoms with Crippen LogP contribution in [-0.2, 0) is 6.54 Å². The third-order valence-corrected chi connectivity index (χ3v) is 5.29. The molecule has 29 heavy (non-hydrogen) atoms. The summed E-state index contributed by atoms with van der Waals surface area (Å²) >= 11 is 6.15. The van der Waals surface area contributed by atoms with E-state index in [0.717, 1.165) is 12.8 Å². The quantitative estimate of drug-likeness (QED) is 0.585. The number of ether oxygens (including phenoxy) is 2. The number of aliphatic hydroxyl groups excluding tert-OH is 1. The second-order valence-electron chi connectivity index (χ2n) is 7.25. The van der Waals surface area contributed by atoms with Crippen LogP contribution in [0.5, 0.6) is 11.5 Å². The standard InChI is InChI=1S/C22H25ClFNO4/c1-14(26)15-6-9-21(22(10-15)28-2)29-13-17(27)11-25(16-7-8-16)12-18-19(23)4-3-5-20(18)24/h3-6,9-10,16-17,27H,7-8,11-13H2,1-2H3/t17-/m0/s1. The number of Topliss-reactive ketones (excluding diaryl/α,β-unsaturated/α-hetero) is 1. The number of carbonyl (C=O) groups excluding carboxylic acids is 1. The molecule has 3 rings (SSSR count). The van der Waals surface area contributed by atoms with E-state index in [2.05, 4.69) is 0 Å². The Hall–Kier alpha value is -2.15. The summed E-state index contributed by atoms with van der Waals surface area (Å²) in [6.07, 6.45) is 1.25. The number of nitrogens with zero attached hydrogens (tertiary/aromatic N) is 1. The number of hydrogen-bond acceptors (Lipinski definition) is 5. The molecule has 0 radical (unpaired) electrons. The molecular formula is C22H25ClFNO4. The van der Waals surface area contributed by atoms with Crippen LogP contribution in [0, 0.1) is 5.82 Å². The highest BCUT2D eigenvalue weighted by Crippen LogP contribution is 2.31. The molecule has 0 saturated heterocycles. The van der Waals surface area contributed by atoms with Gasteiger partial charge < -0.3 is 14.6 Å². The molecule has 0 amide bonds. The van der Waals surface area contributed by atoms with E-state index in [1.54, 1.807) is 30.3 Å². The predicted octanol–water partition coefficient (Wildman–Crippen LogP) is 4.09. The first-order valence-corrected chi connectivity index (χ1v) is 9.93. The van der Waals surface area contributed by atoms with Crippen molar-refractivity contribution in [1.82, 2.24) is 4.90 Å². The lowest BCUT2D eigenvalue weighted by atomic mass is 10.1. The van der Waals surface area contributed by atoms with Gasteiger partial charge in [0.15, 0.2) is 17.3 Å². The third kappa shape index (κ3) is 5.69. The summed E-state index contributed by atoms with van der Waals surface area (Å²) < 4.78 is 25.1. The second kappa shape index (κ2) is 9.57. The third-order valence-electron chi connectivity index (χ3n) is 4.93. The van der Waals surface area contributed by atoms with Crippen molar-refractivity contribution < 1.29 is 23.8 Å². The Bertz CT molecular complexity index is 852. The smallest absolute Gasteiger partial charge is 0.161 e. The molecule has 7 heteroatoms. The molecule has 1 aliphatic carbocycles. The molecule has 0 bridgehead atoms. The predicted molar refractivity (Wildman–Crippen MR) is 109 cm³/mol. The Morgan fingerprint density at radius 3 is 2.69 bits per heavy atom. The van der Waals surface area contributed by atoms with Crippen molar-refractivity contribution in [2.75, 3.05) is 20.3 Å². The van der Waals surface area contributed by atoms with E-state index in [1.165, 1.54) is 20.1 Å². The average molecular weight is 422 g/mol. The van der Waals surface area contributed by atoms with E-state index >= 15 is 0 Å². The lowest BCUT2D eigenvalue weighted by Crippen LogP contribution is -2.37. The molecule has 1 fully saturated rings. The summed E-state index contributed by atoms with van der Waals surface area (Å²) in [4.78, 5) is 13.5. The average Bonchev–Trinajstić information content (AvgIpc) is 3.53. The minimum absolute atomic E-state index is 0.0456. The maximum Gasteiger partial charge on any atom is 0.161 e. The van der Waals surface area contributed by atoms with Gasteiger partial charge in [-0.2, -0.15) is 0 Å². The molecule has 1 aliphatic rings. The molecule has 2 aromatic rings. The summed E-state index contributed by atoms with van der Waals surface area (Å²) in [5.74, 6) is 0.472. The number of ketones is 1. The van der Waals surface area contributed by atoms with E-state index in [4.69, 9.17) is 21.1 Å². The zero-order valence-corrected chi connectivity index (χ0v) is 17.3. The van der Waals surface area contributed by atoms with Crippen LogP contribution in [-0.4, -0.2) is 48.2 Å². The molecule has 1 N–H and O–H groups in total. The lowest BCUT2D eigenvalue weighted by Gasteiger charge is -2.26. The Balaban J connectivity index is 1.61. The number of aliphatic hydroxyl groups is 1. The van der Waals surface area contributed by atoms with Gasteiger partial charge in [-0.15, -0.1) is 0 Å². The topological polar surface area (TPSA) is 59.0 Å². The van der Waals surface area contributed by atoms with Crippen LogP contribution in [0.2, 0.25) is 5.02 Å². The van der Waals surface area contributed by atoms with Gasteiger partial charge in [0, 0.05) is 35.3 Å². The highest BCUT2D eigenvalue weighted by atomic mass is 35.5. The normalized spacial score (nSPS) is 14.7. The summed E-state index contributed by atoms with van der Waals surface area (Å²) in [6.45, 7) is 2.20. The van der Waals surface area contributed by atoms with Gasteiger partial charge in [0.1, 0.15) is 18.5 Å². The Morgan fingerprint density at radius 1 is 1.31 bits per heavy atom. The Kier molecular flexibility index (Phi) is 7.11. The summed E-state index contributed by atoms with van der Waals surface area (Å²) in [7, 11) is 1.50. The van der Waals surface area contributed by atoms with Crippen molar-refractivity contribution in [2.45, 2.75) is 38.5 Å². The molecule has 2 aromatic carbocycles. The SMILES string of the molecule is COc1cc(C(C)=O)ccc1OC[C@@H](O)CN(Cc1c(F)cccc1Cl)C1CC1. The van der Waals surface area contributed by atoms with E-state index in [1.807, 2.05) is 4.90 Å². The highest BCUT2D eigenvalue weighted by molar-refractivity contribution is 6.31. The molecule has 1 atom stereocenters. The van der Waals surface area contributed by atoms with Crippen molar-refractivity contribution in [3.8, 4) is 11.5 Å². The van der Waals surface area contributed by atoms with Crippen LogP contribution in [0.15, 0.2) is 36.4 Å². The van der Waals surface area contributed by atoms with Crippen LogP contribution < -0.4 is 9.47 Å². The maximum absolute atomic E-state index is 14.1. The Morgan fingerprint density at radius 2 is 2.07 bits per heavy atom. The van der Waals surface area contributed by atoms with Gasteiger partial charge in [0.25, 0.3) is 0 Å². The number of halogens is 2. The van der Waals surface area contributed by atoms with Gasteiger partial charge in [-0.05, 0) is 50.1 Å². The van der Waals surface area contributed by atoms with Gasteiger partial charge in [0.2, 0.25) is 0 Å². The van der Waals surface area contributed by atoms with Crippen LogP contribution in [0.4, 0.5) is 4.39 Å². The molecular weight excluding hydrogens is 397 g/mol. The fourth-order valence-electron chi connectivity index (χ4n) is 3.18. The molecule has 156 valence electrons. The van der Waals surface area contributed by atoms with E-state index in [-0.39, 0.29) is 18.2 Å². The van der Waals surface area contributed by atoms with Gasteiger partial charge in [-0.25, -0.2) is 4.39 Å². The van der Waals surface area contributed by atoms with E-state index in [0.29, 0.717) is 46.8 Å². The molecule has 0 aromatic heterocycles. The first kappa shape index (κ1) is 21.6. The van der Waals surface area contributed by atoms with E-state index < -0.39 is 6.10 Å². The second-order valence-corrected chi connectivity index (χ2v) is 7.65. The van der Waals surface area contributed by atoms with Crippen LogP contribution in [0.1, 0.15) is 35.7 Å². The minimum Gasteiger partial charge on any atom is -0.493 e. The van der Waals surface area contributed by atoms with Crippen molar-refractivity contribution in [3.05, 3.63) is 58.4 Å². The fraction of sp³-hybridized carbons (Fsp3) is 0.409. The van der Waals surface area contributed by atoms with Gasteiger partial charge in [0.05, 0.1) is 7.11 Å². The summed E-state index contributed by atoms with van der Waals surface area (Å²) in [6, 6.07) is 9.87. The van der Waals surface area contributed by atoms with Crippen LogP contribution >= 0.6 is 11.6 Å². The highest BCUT2D eigenvalue weighted by Gasteiger charge is 2.31. The largest absolute Gasteiger partial charge is 0.493 e. The summed E-state index contributed by atoms with van der Waals surface area (Å²) in [5, 5.41) is 10.9. The number of benzene rings is 2. The summed E-state index contributed by atoms with van der Waals surface area (Å²) in [5.41, 5.74) is 0.965. The first-order valence-electron chi connectivity index (χ1n) is 9.55. The number of hydrogen-bond donors (Lipinski definition) is 1. The van der Waals surface area contributed by atoms with Crippen molar-refractivity contribution in [2.24, 2.45) is 0 Å². The zero-order valence-electron chi connectivity index (χ0n) is 16.5. The van der Waals surface area contributed by atoms with Gasteiger partial charge >= 0.3 is 0 Å². The molecule has 1 saturated carbocycles. The molecule has 0 spiro atoms. The number of rotatable bonds is 10. The Labute approximate surface area is 175 Å². The maximum atomic E-state index is 14.1. The molecule has 0 unspecified atom stereocenters. The van der Waals surface area contributed by atoms with Crippen molar-refractivity contribution >= 4 is 17.4 Å². The monoisotopic (exact) mass is 421 g/mol. The number of carbonyl (C=O) groups is 1. The lowest BCUT2D eigenvalue weighted by molar-refractivity contribution is 0.0613. The molecule has 5 nitrogen and oxygen atoms in total. The number of methoxy groups -OCH3 is 1. The minimum atomic E-state index is -0.779.